The molecule has 3 aromatic rings. The Bertz CT molecular complexity index is 1860. The van der Waals surface area contributed by atoms with Crippen molar-refractivity contribution in [2.24, 2.45) is 11.7 Å². The third kappa shape index (κ3) is 9.88. The molecule has 19 nitrogen and oxygen atoms in total. The lowest BCUT2D eigenvalue weighted by Gasteiger charge is -2.32. The fraction of sp³-hybridized carbons (Fsp3) is 0.571. The minimum Gasteiger partial charge on any atom is -0.465 e. The standard InChI is InChI=1S/C35H47N11O8/c1-35(2,54)27-18-41-44-46(27)22-16-26(32(50)42-23(28(47)29(36)48)10-6-7-11-39-34(52)53)45(19-22)33(51)25(14-20-8-4-3-5-9-20)43-31(49)21-15-24-30(40-17-21)38-13-12-37-24/h12-13,15,17-18,20,22-23,25-26,39,54H,3-11,14,16,19H2,1-2H3,(H2,36,48)(H,42,50)(H,43,49)(H,52,53)/t22-,23?,25+,26-/m0/s1. The molecule has 1 aliphatic heterocycles. The van der Waals surface area contributed by atoms with E-state index in [9.17, 15) is 33.9 Å². The van der Waals surface area contributed by atoms with Crippen molar-refractivity contribution in [3.8, 4) is 0 Å². The number of nitrogens with zero attached hydrogens (tertiary/aromatic N) is 7. The van der Waals surface area contributed by atoms with Crippen LogP contribution in [-0.2, 0) is 24.8 Å². The van der Waals surface area contributed by atoms with Crippen LogP contribution in [-0.4, -0.2) is 112 Å². The summed E-state index contributed by atoms with van der Waals surface area (Å²) in [6.07, 6.45) is 10.1. The van der Waals surface area contributed by atoms with E-state index in [1.165, 1.54) is 40.4 Å². The van der Waals surface area contributed by atoms with Crippen molar-refractivity contribution in [2.45, 2.75) is 108 Å². The first-order valence-electron chi connectivity index (χ1n) is 18.1. The molecule has 1 saturated heterocycles. The van der Waals surface area contributed by atoms with Crippen molar-refractivity contribution in [3.05, 3.63) is 42.1 Å². The molecule has 0 radical (unpaired) electrons. The molecule has 1 unspecified atom stereocenters. The Balaban J connectivity index is 1.44. The summed E-state index contributed by atoms with van der Waals surface area (Å²) >= 11 is 0. The molecule has 0 aromatic carbocycles. The summed E-state index contributed by atoms with van der Waals surface area (Å²) in [6, 6.07) is -2.69. The zero-order valence-electron chi connectivity index (χ0n) is 30.3. The number of pyridine rings is 1. The summed E-state index contributed by atoms with van der Waals surface area (Å²) in [5.41, 5.74) is 5.21. The monoisotopic (exact) mass is 749 g/mol. The number of unbranched alkanes of at least 4 members (excludes halogenated alkanes) is 1. The van der Waals surface area contributed by atoms with Crippen molar-refractivity contribution in [3.63, 3.8) is 0 Å². The van der Waals surface area contributed by atoms with E-state index < -0.39 is 65.3 Å². The smallest absolute Gasteiger partial charge is 0.404 e. The third-order valence-corrected chi connectivity index (χ3v) is 9.97. The number of aromatic nitrogens is 6. The van der Waals surface area contributed by atoms with E-state index in [0.717, 1.165) is 32.1 Å². The van der Waals surface area contributed by atoms with Gasteiger partial charge in [0.05, 0.1) is 29.5 Å². The molecular weight excluding hydrogens is 702 g/mol. The predicted octanol–water partition coefficient (Wildman–Crippen LogP) is 0.732. The summed E-state index contributed by atoms with van der Waals surface area (Å²) in [5.74, 6) is -4.01. The average Bonchev–Trinajstić information content (AvgIpc) is 3.82. The molecule has 5 amide bonds. The first-order valence-corrected chi connectivity index (χ1v) is 18.1. The number of hydrogen-bond donors (Lipinski definition) is 6. The molecule has 54 heavy (non-hydrogen) atoms. The molecule has 19 heteroatoms. The van der Waals surface area contributed by atoms with Gasteiger partial charge >= 0.3 is 6.09 Å². The van der Waals surface area contributed by atoms with E-state index in [0.29, 0.717) is 29.7 Å². The van der Waals surface area contributed by atoms with Crippen LogP contribution in [0.1, 0.15) is 100 Å². The van der Waals surface area contributed by atoms with E-state index in [1.807, 2.05) is 0 Å². The van der Waals surface area contributed by atoms with Crippen LogP contribution in [0.25, 0.3) is 11.2 Å². The number of amides is 5. The highest BCUT2D eigenvalue weighted by Gasteiger charge is 2.45. The number of fused-ring (bicyclic) bond motifs is 1. The fourth-order valence-electron chi connectivity index (χ4n) is 7.21. The van der Waals surface area contributed by atoms with Gasteiger partial charge in [-0.15, -0.1) is 5.10 Å². The maximum Gasteiger partial charge on any atom is 0.404 e. The number of nitrogens with one attached hydrogen (secondary N) is 3. The molecule has 2 aliphatic rings. The number of aliphatic hydroxyl groups is 1. The Hall–Kier alpha value is -5.59. The lowest BCUT2D eigenvalue weighted by molar-refractivity contribution is -0.142. The molecule has 1 saturated carbocycles. The summed E-state index contributed by atoms with van der Waals surface area (Å²) < 4.78 is 1.46. The van der Waals surface area contributed by atoms with Crippen LogP contribution in [0, 0.1) is 5.92 Å². The maximum absolute atomic E-state index is 14.7. The number of primary amides is 1. The van der Waals surface area contributed by atoms with E-state index in [4.69, 9.17) is 10.8 Å². The molecule has 7 N–H and O–H groups in total. The molecule has 290 valence electrons. The lowest BCUT2D eigenvalue weighted by Crippen LogP contribution is -2.56. The van der Waals surface area contributed by atoms with Gasteiger partial charge in [-0.1, -0.05) is 37.3 Å². The van der Waals surface area contributed by atoms with Gasteiger partial charge in [-0.2, -0.15) is 0 Å². The van der Waals surface area contributed by atoms with E-state index in [-0.39, 0.29) is 43.8 Å². The Morgan fingerprint density at radius 3 is 2.43 bits per heavy atom. The van der Waals surface area contributed by atoms with Crippen molar-refractivity contribution in [2.75, 3.05) is 13.1 Å². The first kappa shape index (κ1) is 39.6. The minimum atomic E-state index is -1.37. The molecule has 4 heterocycles. The number of carbonyl (C=O) groups is 6. The summed E-state index contributed by atoms with van der Waals surface area (Å²) in [4.78, 5) is 92.2. The normalized spacial score (nSPS) is 18.8. The van der Waals surface area contributed by atoms with Gasteiger partial charge in [-0.25, -0.2) is 19.4 Å². The Kier molecular flexibility index (Phi) is 12.8. The van der Waals surface area contributed by atoms with Gasteiger partial charge in [0, 0.05) is 38.1 Å². The molecule has 2 fully saturated rings. The van der Waals surface area contributed by atoms with Crippen LogP contribution in [0.15, 0.2) is 30.9 Å². The number of nitrogens with two attached hydrogens (primary N) is 1. The highest BCUT2D eigenvalue weighted by atomic mass is 16.4. The number of carboxylic acid groups (broad SMARTS) is 1. The van der Waals surface area contributed by atoms with Crippen LogP contribution in [0.2, 0.25) is 0 Å². The zero-order chi connectivity index (χ0) is 39.0. The number of carbonyl (C=O) groups excluding carboxylic acids is 5. The van der Waals surface area contributed by atoms with Gasteiger partial charge in [-0.05, 0) is 51.5 Å². The average molecular weight is 750 g/mol. The number of hydrogen-bond acceptors (Lipinski definition) is 12. The highest BCUT2D eigenvalue weighted by molar-refractivity contribution is 6.37. The second-order valence-electron chi connectivity index (χ2n) is 14.4. The van der Waals surface area contributed by atoms with Crippen LogP contribution in [0.4, 0.5) is 4.79 Å². The number of likely N-dealkylation sites (tertiary alicyclic amines) is 1. The van der Waals surface area contributed by atoms with Crippen LogP contribution < -0.4 is 21.7 Å². The molecule has 5 rings (SSSR count). The Morgan fingerprint density at radius 1 is 0.981 bits per heavy atom. The van der Waals surface area contributed by atoms with Crippen molar-refractivity contribution < 1.29 is 39.0 Å². The van der Waals surface area contributed by atoms with Gasteiger partial charge < -0.3 is 36.8 Å². The predicted molar refractivity (Wildman–Crippen MR) is 190 cm³/mol. The first-order chi connectivity index (χ1) is 25.7. The van der Waals surface area contributed by atoms with E-state index >= 15 is 0 Å². The van der Waals surface area contributed by atoms with Gasteiger partial charge in [0.1, 0.15) is 23.2 Å². The quantitative estimate of drug-likeness (QED) is 0.0872. The number of Topliss-reactive ketones (excluding diaryl/α,β-unsaturated/α-hetero) is 1. The fourth-order valence-corrected chi connectivity index (χ4v) is 7.21. The summed E-state index contributed by atoms with van der Waals surface area (Å²) in [7, 11) is 0. The van der Waals surface area contributed by atoms with Gasteiger partial charge in [0.25, 0.3) is 11.8 Å². The Labute approximate surface area is 310 Å². The van der Waals surface area contributed by atoms with Crippen molar-refractivity contribution in [1.82, 2.24) is 50.8 Å². The minimum absolute atomic E-state index is 0.00137. The molecule has 4 atom stereocenters. The molecular formula is C35H47N11O8. The zero-order valence-corrected chi connectivity index (χ0v) is 30.3. The largest absolute Gasteiger partial charge is 0.465 e. The second kappa shape index (κ2) is 17.5. The number of ketones is 1. The second-order valence-corrected chi connectivity index (χ2v) is 14.4. The van der Waals surface area contributed by atoms with Crippen LogP contribution in [0.5, 0.6) is 0 Å². The van der Waals surface area contributed by atoms with Gasteiger partial charge in [0.2, 0.25) is 17.6 Å². The summed E-state index contributed by atoms with van der Waals surface area (Å²) in [6.45, 7) is 3.15. The van der Waals surface area contributed by atoms with Crippen molar-refractivity contribution >= 4 is 46.7 Å². The van der Waals surface area contributed by atoms with Crippen LogP contribution in [0.3, 0.4) is 0 Å². The molecule has 3 aromatic heterocycles. The van der Waals surface area contributed by atoms with Crippen molar-refractivity contribution in [1.29, 1.82) is 0 Å². The molecule has 0 bridgehead atoms. The SMILES string of the molecule is CC(C)(O)c1cnnn1[C@H]1C[C@@H](C(=O)NC(CCCCNC(=O)O)C(=O)C(N)=O)N(C(=O)[C@@H](CC2CCCCC2)NC(=O)c2cnc3nccnc3c2)C1. The topological polar surface area (TPSA) is 278 Å². The summed E-state index contributed by atoms with van der Waals surface area (Å²) in [5, 5.41) is 35.6. The third-order valence-electron chi connectivity index (χ3n) is 9.97. The number of rotatable bonds is 16. The van der Waals surface area contributed by atoms with E-state index in [1.54, 1.807) is 13.8 Å². The Morgan fingerprint density at radius 2 is 1.72 bits per heavy atom. The highest BCUT2D eigenvalue weighted by Crippen LogP contribution is 2.33. The maximum atomic E-state index is 14.7. The van der Waals surface area contributed by atoms with Gasteiger partial charge in [0.15, 0.2) is 5.65 Å². The molecule has 0 spiro atoms. The van der Waals surface area contributed by atoms with Crippen LogP contribution >= 0.6 is 0 Å². The van der Waals surface area contributed by atoms with Gasteiger partial charge in [-0.3, -0.25) is 29.0 Å². The lowest BCUT2D eigenvalue weighted by atomic mass is 9.84. The molecule has 1 aliphatic carbocycles. The van der Waals surface area contributed by atoms with E-state index in [2.05, 4.69) is 41.2 Å².